The van der Waals surface area contributed by atoms with Gasteiger partial charge in [0.05, 0.1) is 6.10 Å². The van der Waals surface area contributed by atoms with Crippen molar-refractivity contribution < 1.29 is 14.6 Å². The maximum atomic E-state index is 11.8. The maximum Gasteiger partial charge on any atom is 0.220 e. The van der Waals surface area contributed by atoms with Gasteiger partial charge < -0.3 is 15.2 Å². The van der Waals surface area contributed by atoms with Crippen LogP contribution in [0.4, 0.5) is 0 Å². The van der Waals surface area contributed by atoms with Gasteiger partial charge in [0.2, 0.25) is 5.91 Å². The fourth-order valence-electron chi connectivity index (χ4n) is 3.02. The summed E-state index contributed by atoms with van der Waals surface area (Å²) in [6.45, 7) is 5.49. The normalized spacial score (nSPS) is 31.3. The number of rotatable bonds is 3. The van der Waals surface area contributed by atoms with E-state index in [0.29, 0.717) is 32.0 Å². The van der Waals surface area contributed by atoms with E-state index in [9.17, 15) is 9.90 Å². The van der Waals surface area contributed by atoms with Crippen molar-refractivity contribution in [3.05, 3.63) is 0 Å². The number of ether oxygens (including phenoxy) is 1. The van der Waals surface area contributed by atoms with Crippen molar-refractivity contribution in [2.45, 2.75) is 51.7 Å². The van der Waals surface area contributed by atoms with E-state index in [0.717, 1.165) is 12.8 Å². The van der Waals surface area contributed by atoms with E-state index in [2.05, 4.69) is 5.32 Å². The van der Waals surface area contributed by atoms with Gasteiger partial charge in [-0.3, -0.25) is 4.79 Å². The van der Waals surface area contributed by atoms with Gasteiger partial charge in [-0.2, -0.15) is 0 Å². The third-order valence-electron chi connectivity index (χ3n) is 4.17. The molecule has 1 spiro atoms. The molecule has 2 N–H and O–H groups in total. The molecule has 2 aliphatic rings. The molecule has 0 radical (unpaired) electrons. The second kappa shape index (κ2) is 4.94. The average Bonchev–Trinajstić information content (AvgIpc) is 2.29. The first-order valence-electron chi connectivity index (χ1n) is 6.60. The van der Waals surface area contributed by atoms with Crippen LogP contribution in [0.5, 0.6) is 0 Å². The molecule has 0 bridgehead atoms. The Morgan fingerprint density at radius 3 is 2.65 bits per heavy atom. The zero-order chi connectivity index (χ0) is 12.5. The van der Waals surface area contributed by atoms with Gasteiger partial charge in [-0.1, -0.05) is 13.8 Å². The van der Waals surface area contributed by atoms with E-state index in [1.807, 2.05) is 13.8 Å². The van der Waals surface area contributed by atoms with Gasteiger partial charge in [-0.25, -0.2) is 0 Å². The summed E-state index contributed by atoms with van der Waals surface area (Å²) < 4.78 is 5.34. The van der Waals surface area contributed by atoms with Crippen LogP contribution in [-0.4, -0.2) is 36.4 Å². The van der Waals surface area contributed by atoms with Crippen LogP contribution in [0, 0.1) is 11.3 Å². The highest BCUT2D eigenvalue weighted by atomic mass is 16.5. The van der Waals surface area contributed by atoms with Crippen LogP contribution in [0.15, 0.2) is 0 Å². The number of hydrogen-bond donors (Lipinski definition) is 2. The molecule has 98 valence electrons. The van der Waals surface area contributed by atoms with Gasteiger partial charge in [0.1, 0.15) is 0 Å². The first-order chi connectivity index (χ1) is 8.04. The van der Waals surface area contributed by atoms with Crippen LogP contribution in [0.25, 0.3) is 0 Å². The third kappa shape index (κ3) is 2.47. The van der Waals surface area contributed by atoms with Crippen LogP contribution in [0.1, 0.15) is 39.5 Å². The van der Waals surface area contributed by atoms with Crippen molar-refractivity contribution in [2.75, 3.05) is 13.2 Å². The third-order valence-corrected chi connectivity index (χ3v) is 4.17. The summed E-state index contributed by atoms with van der Waals surface area (Å²) in [4.78, 5) is 11.8. The number of aliphatic hydroxyl groups excluding tert-OH is 1. The molecule has 1 aliphatic heterocycles. The minimum atomic E-state index is -0.268. The molecule has 2 rings (SSSR count). The van der Waals surface area contributed by atoms with Gasteiger partial charge in [-0.05, 0) is 25.2 Å². The molecule has 4 heteroatoms. The molecule has 1 saturated carbocycles. The average molecular weight is 241 g/mol. The fraction of sp³-hybridized carbons (Fsp3) is 0.923. The maximum absolute atomic E-state index is 11.8. The Morgan fingerprint density at radius 2 is 2.12 bits per heavy atom. The SMILES string of the molecule is CC(C)CC(=O)N[C@@H]1C[C@@H](O)C12CCOCC2. The van der Waals surface area contributed by atoms with Crippen LogP contribution in [0.3, 0.4) is 0 Å². The number of hydrogen-bond acceptors (Lipinski definition) is 3. The highest BCUT2D eigenvalue weighted by molar-refractivity contribution is 5.76. The Morgan fingerprint density at radius 1 is 1.47 bits per heavy atom. The zero-order valence-electron chi connectivity index (χ0n) is 10.7. The van der Waals surface area contributed by atoms with Gasteiger partial charge in [0, 0.05) is 31.1 Å². The molecule has 2 fully saturated rings. The highest BCUT2D eigenvalue weighted by Crippen LogP contribution is 2.48. The summed E-state index contributed by atoms with van der Waals surface area (Å²) in [5, 5.41) is 13.1. The largest absolute Gasteiger partial charge is 0.392 e. The number of amides is 1. The Labute approximate surface area is 103 Å². The predicted molar refractivity (Wildman–Crippen MR) is 64.5 cm³/mol. The lowest BCUT2D eigenvalue weighted by Gasteiger charge is -2.55. The molecular formula is C13H23NO3. The number of aliphatic hydroxyl groups is 1. The van der Waals surface area contributed by atoms with Gasteiger partial charge in [0.25, 0.3) is 0 Å². The van der Waals surface area contributed by atoms with Crippen LogP contribution >= 0.6 is 0 Å². The molecule has 1 amide bonds. The van der Waals surface area contributed by atoms with E-state index >= 15 is 0 Å². The zero-order valence-corrected chi connectivity index (χ0v) is 10.7. The van der Waals surface area contributed by atoms with Crippen LogP contribution in [-0.2, 0) is 9.53 Å². The molecule has 1 saturated heterocycles. The van der Waals surface area contributed by atoms with Gasteiger partial charge in [0.15, 0.2) is 0 Å². The van der Waals surface area contributed by atoms with E-state index < -0.39 is 0 Å². The van der Waals surface area contributed by atoms with Crippen LogP contribution < -0.4 is 5.32 Å². The summed E-state index contributed by atoms with van der Waals surface area (Å²) in [5.74, 6) is 0.494. The number of carbonyl (C=O) groups excluding carboxylic acids is 1. The molecule has 4 nitrogen and oxygen atoms in total. The number of carbonyl (C=O) groups is 1. The second-order valence-electron chi connectivity index (χ2n) is 5.82. The minimum absolute atomic E-state index is 0.106. The molecular weight excluding hydrogens is 218 g/mol. The van der Waals surface area contributed by atoms with E-state index in [4.69, 9.17) is 4.74 Å². The van der Waals surface area contributed by atoms with Crippen molar-refractivity contribution in [3.8, 4) is 0 Å². The summed E-state index contributed by atoms with van der Waals surface area (Å²) in [6, 6.07) is 0.146. The summed E-state index contributed by atoms with van der Waals surface area (Å²) in [7, 11) is 0. The first kappa shape index (κ1) is 12.8. The highest BCUT2D eigenvalue weighted by Gasteiger charge is 2.55. The van der Waals surface area contributed by atoms with Crippen molar-refractivity contribution in [2.24, 2.45) is 11.3 Å². The molecule has 0 unspecified atom stereocenters. The lowest BCUT2D eigenvalue weighted by Crippen LogP contribution is -2.65. The van der Waals surface area contributed by atoms with Crippen molar-refractivity contribution in [1.82, 2.24) is 5.32 Å². The molecule has 0 aromatic heterocycles. The van der Waals surface area contributed by atoms with Crippen LogP contribution in [0.2, 0.25) is 0 Å². The standard InChI is InChI=1S/C13H23NO3/c1-9(2)7-12(16)14-10-8-11(15)13(10)3-5-17-6-4-13/h9-11,15H,3-8H2,1-2H3,(H,14,16)/t10-,11-/m1/s1. The predicted octanol–water partition coefficient (Wildman–Crippen LogP) is 1.08. The minimum Gasteiger partial charge on any atom is -0.392 e. The quantitative estimate of drug-likeness (QED) is 0.777. The summed E-state index contributed by atoms with van der Waals surface area (Å²) in [5.41, 5.74) is -0.106. The summed E-state index contributed by atoms with van der Waals surface area (Å²) >= 11 is 0. The summed E-state index contributed by atoms with van der Waals surface area (Å²) in [6.07, 6.45) is 2.72. The lowest BCUT2D eigenvalue weighted by molar-refractivity contribution is -0.156. The second-order valence-corrected chi connectivity index (χ2v) is 5.82. The Kier molecular flexibility index (Phi) is 3.73. The van der Waals surface area contributed by atoms with Gasteiger partial charge >= 0.3 is 0 Å². The fourth-order valence-corrected chi connectivity index (χ4v) is 3.02. The number of nitrogens with one attached hydrogen (secondary N) is 1. The lowest BCUT2D eigenvalue weighted by atomic mass is 9.58. The van der Waals surface area contributed by atoms with Crippen molar-refractivity contribution >= 4 is 5.91 Å². The monoisotopic (exact) mass is 241 g/mol. The van der Waals surface area contributed by atoms with Gasteiger partial charge in [-0.15, -0.1) is 0 Å². The smallest absolute Gasteiger partial charge is 0.220 e. The Bertz CT molecular complexity index is 284. The molecule has 0 aromatic rings. The molecule has 17 heavy (non-hydrogen) atoms. The van der Waals surface area contributed by atoms with Crippen molar-refractivity contribution in [1.29, 1.82) is 0 Å². The van der Waals surface area contributed by atoms with E-state index in [1.54, 1.807) is 0 Å². The molecule has 2 atom stereocenters. The molecule has 1 aliphatic carbocycles. The van der Waals surface area contributed by atoms with Crippen molar-refractivity contribution in [3.63, 3.8) is 0 Å². The Hall–Kier alpha value is -0.610. The Balaban J connectivity index is 1.91. The molecule has 0 aromatic carbocycles. The first-order valence-corrected chi connectivity index (χ1v) is 6.60. The van der Waals surface area contributed by atoms with E-state index in [1.165, 1.54) is 0 Å². The molecule has 1 heterocycles. The topological polar surface area (TPSA) is 58.6 Å². The van der Waals surface area contributed by atoms with E-state index in [-0.39, 0.29) is 23.5 Å².